The third-order valence-electron chi connectivity index (χ3n) is 2.29. The molecule has 2 amide bonds. The van der Waals surface area contributed by atoms with E-state index in [2.05, 4.69) is 42.3 Å². The van der Waals surface area contributed by atoms with Crippen molar-refractivity contribution in [3.8, 4) is 0 Å². The molecule has 0 aromatic carbocycles. The van der Waals surface area contributed by atoms with Gasteiger partial charge in [-0.1, -0.05) is 0 Å². The van der Waals surface area contributed by atoms with Gasteiger partial charge in [-0.3, -0.25) is 14.3 Å². The molecule has 0 saturated carbocycles. The summed E-state index contributed by atoms with van der Waals surface area (Å²) in [4.78, 5) is 23.8. The van der Waals surface area contributed by atoms with E-state index in [0.29, 0.717) is 10.6 Å². The highest BCUT2D eigenvalue weighted by atomic mass is 79.9. The number of aryl methyl sites for hydroxylation is 1. The van der Waals surface area contributed by atoms with Crippen LogP contribution in [-0.4, -0.2) is 21.6 Å². The van der Waals surface area contributed by atoms with E-state index in [1.54, 1.807) is 13.1 Å². The van der Waals surface area contributed by atoms with Crippen LogP contribution in [0.4, 0.5) is 5.69 Å². The Labute approximate surface area is 129 Å². The molecule has 0 bridgehead atoms. The largest absolute Gasteiger partial charge is 0.364 e. The molecule has 0 saturated heterocycles. The van der Waals surface area contributed by atoms with Crippen LogP contribution in [0.25, 0.3) is 0 Å². The summed E-state index contributed by atoms with van der Waals surface area (Å²) >= 11 is 7.89. The number of anilines is 1. The summed E-state index contributed by atoms with van der Waals surface area (Å²) in [7, 11) is 1.58. The maximum atomic E-state index is 12.0. The summed E-state index contributed by atoms with van der Waals surface area (Å²) in [6, 6.07) is 1.68. The Bertz CT molecular complexity index is 645. The van der Waals surface area contributed by atoms with Gasteiger partial charge in [-0.15, -0.1) is 11.3 Å². The Balaban J connectivity index is 2.27. The van der Waals surface area contributed by atoms with Gasteiger partial charge in [0.05, 0.1) is 20.5 Å². The van der Waals surface area contributed by atoms with Crippen LogP contribution in [0.1, 0.15) is 20.2 Å². The van der Waals surface area contributed by atoms with Gasteiger partial charge in [0.1, 0.15) is 5.69 Å². The molecule has 2 heterocycles. The summed E-state index contributed by atoms with van der Waals surface area (Å²) in [6.07, 6.45) is 1.38. The van der Waals surface area contributed by atoms with Crippen LogP contribution in [0.2, 0.25) is 0 Å². The van der Waals surface area contributed by atoms with E-state index in [1.165, 1.54) is 22.2 Å². The lowest BCUT2D eigenvalue weighted by atomic mass is 10.3. The molecule has 3 N–H and O–H groups in total. The third kappa shape index (κ3) is 2.88. The molecule has 2 aromatic rings. The zero-order chi connectivity index (χ0) is 14.2. The highest BCUT2D eigenvalue weighted by molar-refractivity contribution is 9.13. The number of nitrogens with zero attached hydrogens (tertiary/aromatic N) is 2. The highest BCUT2D eigenvalue weighted by Gasteiger charge is 2.18. The van der Waals surface area contributed by atoms with Crippen molar-refractivity contribution in [1.29, 1.82) is 0 Å². The number of primary amides is 1. The predicted octanol–water partition coefficient (Wildman–Crippen LogP) is 2.36. The quantitative estimate of drug-likeness (QED) is 0.818. The molecule has 0 fully saturated rings. The SMILES string of the molecule is Cn1ncc(NC(=O)c2cc(Br)c(Br)s2)c1C(N)=O. The molecule has 0 atom stereocenters. The summed E-state index contributed by atoms with van der Waals surface area (Å²) in [6.45, 7) is 0. The molecular weight excluding hydrogens is 400 g/mol. The van der Waals surface area contributed by atoms with Gasteiger partial charge in [0, 0.05) is 11.5 Å². The topological polar surface area (TPSA) is 90.0 Å². The summed E-state index contributed by atoms with van der Waals surface area (Å²) in [5.41, 5.74) is 5.69. The molecule has 0 aliphatic carbocycles. The van der Waals surface area contributed by atoms with E-state index in [9.17, 15) is 9.59 Å². The minimum atomic E-state index is -0.649. The molecule has 19 heavy (non-hydrogen) atoms. The summed E-state index contributed by atoms with van der Waals surface area (Å²) < 4.78 is 2.93. The second-order valence-corrected chi connectivity index (χ2v) is 6.81. The first kappa shape index (κ1) is 14.2. The first-order valence-electron chi connectivity index (χ1n) is 4.98. The summed E-state index contributed by atoms with van der Waals surface area (Å²) in [5.74, 6) is -0.976. The number of hydrogen-bond acceptors (Lipinski definition) is 4. The second kappa shape index (κ2) is 5.43. The lowest BCUT2D eigenvalue weighted by molar-refractivity contribution is 0.0992. The van der Waals surface area contributed by atoms with Gasteiger partial charge >= 0.3 is 0 Å². The molecule has 0 unspecified atom stereocenters. The number of halogens is 2. The average molecular weight is 408 g/mol. The Kier molecular flexibility index (Phi) is 4.07. The molecule has 100 valence electrons. The van der Waals surface area contributed by atoms with Gasteiger partial charge in [0.2, 0.25) is 0 Å². The smallest absolute Gasteiger partial charge is 0.269 e. The van der Waals surface area contributed by atoms with E-state index >= 15 is 0 Å². The first-order valence-corrected chi connectivity index (χ1v) is 7.38. The fraction of sp³-hybridized carbons (Fsp3) is 0.100. The normalized spacial score (nSPS) is 10.5. The number of amides is 2. The maximum Gasteiger partial charge on any atom is 0.269 e. The van der Waals surface area contributed by atoms with E-state index in [1.807, 2.05) is 0 Å². The van der Waals surface area contributed by atoms with Gasteiger partial charge in [0.25, 0.3) is 11.8 Å². The van der Waals surface area contributed by atoms with Gasteiger partial charge < -0.3 is 11.1 Å². The van der Waals surface area contributed by atoms with Crippen molar-refractivity contribution in [3.63, 3.8) is 0 Å². The van der Waals surface area contributed by atoms with Crippen LogP contribution >= 0.6 is 43.2 Å². The van der Waals surface area contributed by atoms with Crippen LogP contribution in [0, 0.1) is 0 Å². The van der Waals surface area contributed by atoms with Crippen LogP contribution in [0.3, 0.4) is 0 Å². The van der Waals surface area contributed by atoms with Crippen molar-refractivity contribution in [1.82, 2.24) is 9.78 Å². The second-order valence-electron chi connectivity index (χ2n) is 3.58. The van der Waals surface area contributed by atoms with E-state index in [4.69, 9.17) is 5.73 Å². The van der Waals surface area contributed by atoms with Crippen LogP contribution in [0.15, 0.2) is 20.5 Å². The van der Waals surface area contributed by atoms with E-state index in [-0.39, 0.29) is 11.6 Å². The number of thiophene rings is 1. The number of carbonyl (C=O) groups is 2. The van der Waals surface area contributed by atoms with Crippen molar-refractivity contribution in [2.45, 2.75) is 0 Å². The first-order chi connectivity index (χ1) is 8.90. The molecule has 9 heteroatoms. The number of nitrogens with two attached hydrogens (primary N) is 1. The standard InChI is InChI=1S/C10H8Br2N4O2S/c1-16-7(9(13)17)5(3-14-16)15-10(18)6-2-4(11)8(12)19-6/h2-3H,1H3,(H2,13,17)(H,15,18). The lowest BCUT2D eigenvalue weighted by Gasteiger charge is -2.03. The molecule has 6 nitrogen and oxygen atoms in total. The average Bonchev–Trinajstić information content (AvgIpc) is 2.84. The van der Waals surface area contributed by atoms with Crippen LogP contribution in [0.5, 0.6) is 0 Å². The molecule has 0 spiro atoms. The van der Waals surface area contributed by atoms with Crippen LogP contribution < -0.4 is 11.1 Å². The predicted molar refractivity (Wildman–Crippen MR) is 79.4 cm³/mol. The molecule has 0 aliphatic rings. The molecule has 0 aliphatic heterocycles. The molecular formula is C10H8Br2N4O2S. The van der Waals surface area contributed by atoms with Crippen molar-refractivity contribution < 1.29 is 9.59 Å². The van der Waals surface area contributed by atoms with E-state index in [0.717, 1.165) is 8.26 Å². The van der Waals surface area contributed by atoms with Gasteiger partial charge in [-0.25, -0.2) is 0 Å². The van der Waals surface area contributed by atoms with Crippen molar-refractivity contribution in [3.05, 3.63) is 31.1 Å². The van der Waals surface area contributed by atoms with Crippen molar-refractivity contribution >= 4 is 60.7 Å². The number of hydrogen-bond donors (Lipinski definition) is 2. The minimum Gasteiger partial charge on any atom is -0.364 e. The minimum absolute atomic E-state index is 0.156. The number of aromatic nitrogens is 2. The summed E-state index contributed by atoms with van der Waals surface area (Å²) in [5, 5.41) is 6.51. The van der Waals surface area contributed by atoms with Gasteiger partial charge in [-0.2, -0.15) is 5.10 Å². The Morgan fingerprint density at radius 2 is 2.16 bits per heavy atom. The van der Waals surface area contributed by atoms with Gasteiger partial charge in [0.15, 0.2) is 0 Å². The highest BCUT2D eigenvalue weighted by Crippen LogP contribution is 2.32. The number of rotatable bonds is 3. The fourth-order valence-corrected chi connectivity index (χ4v) is 3.39. The molecule has 2 rings (SSSR count). The Morgan fingerprint density at radius 3 is 2.68 bits per heavy atom. The van der Waals surface area contributed by atoms with Crippen molar-refractivity contribution in [2.75, 3.05) is 5.32 Å². The lowest BCUT2D eigenvalue weighted by Crippen LogP contribution is -2.19. The number of nitrogens with one attached hydrogen (secondary N) is 1. The zero-order valence-electron chi connectivity index (χ0n) is 9.61. The Morgan fingerprint density at radius 1 is 1.47 bits per heavy atom. The van der Waals surface area contributed by atoms with E-state index < -0.39 is 5.91 Å². The zero-order valence-corrected chi connectivity index (χ0v) is 13.6. The third-order valence-corrected chi connectivity index (χ3v) is 5.54. The van der Waals surface area contributed by atoms with Gasteiger partial charge in [-0.05, 0) is 37.9 Å². The number of carbonyl (C=O) groups excluding carboxylic acids is 2. The van der Waals surface area contributed by atoms with Crippen molar-refractivity contribution in [2.24, 2.45) is 12.8 Å². The maximum absolute atomic E-state index is 12.0. The molecule has 0 radical (unpaired) electrons. The monoisotopic (exact) mass is 406 g/mol. The van der Waals surface area contributed by atoms with Crippen LogP contribution in [-0.2, 0) is 7.05 Å². The fourth-order valence-electron chi connectivity index (χ4n) is 1.46. The molecule has 2 aromatic heterocycles. The Hall–Kier alpha value is -1.19.